The van der Waals surface area contributed by atoms with Crippen molar-refractivity contribution in [1.82, 2.24) is 4.98 Å². The summed E-state index contributed by atoms with van der Waals surface area (Å²) in [7, 11) is 1.62. The zero-order chi connectivity index (χ0) is 16.2. The molecule has 0 unspecified atom stereocenters. The van der Waals surface area contributed by atoms with Crippen LogP contribution in [0.1, 0.15) is 6.42 Å². The van der Waals surface area contributed by atoms with Crippen LogP contribution in [-0.4, -0.2) is 24.0 Å². The second-order valence-electron chi connectivity index (χ2n) is 4.88. The van der Waals surface area contributed by atoms with E-state index in [1.165, 1.54) is 23.5 Å². The maximum absolute atomic E-state index is 13.4. The van der Waals surface area contributed by atoms with Gasteiger partial charge in [-0.25, -0.2) is 9.37 Å². The fourth-order valence-corrected chi connectivity index (χ4v) is 3.38. The van der Waals surface area contributed by atoms with Gasteiger partial charge >= 0.3 is 0 Å². The standard InChI is InChI=1S/C17H15BrFNO2S/c1-21-12-4-5-13(15(10-12)22-8-2-7-18)17-20-14-9-11(19)3-6-16(14)23-17/h3-6,9-10H,2,7-8H2,1H3. The number of benzene rings is 2. The summed E-state index contributed by atoms with van der Waals surface area (Å²) in [6.07, 6.45) is 0.904. The number of alkyl halides is 1. The highest BCUT2D eigenvalue weighted by molar-refractivity contribution is 9.09. The minimum absolute atomic E-state index is 0.280. The van der Waals surface area contributed by atoms with Gasteiger partial charge in [-0.15, -0.1) is 11.3 Å². The maximum atomic E-state index is 13.4. The summed E-state index contributed by atoms with van der Waals surface area (Å²) in [4.78, 5) is 4.54. The van der Waals surface area contributed by atoms with Crippen LogP contribution in [0.25, 0.3) is 20.8 Å². The Hall–Kier alpha value is -1.66. The van der Waals surface area contributed by atoms with Gasteiger partial charge in [0.1, 0.15) is 22.3 Å². The zero-order valence-corrected chi connectivity index (χ0v) is 14.9. The van der Waals surface area contributed by atoms with Crippen LogP contribution >= 0.6 is 27.3 Å². The third kappa shape index (κ3) is 3.64. The lowest BCUT2D eigenvalue weighted by Crippen LogP contribution is -1.99. The highest BCUT2D eigenvalue weighted by Crippen LogP contribution is 2.38. The first-order valence-electron chi connectivity index (χ1n) is 7.14. The molecule has 3 nitrogen and oxygen atoms in total. The number of halogens is 2. The quantitative estimate of drug-likeness (QED) is 0.420. The van der Waals surface area contributed by atoms with E-state index in [1.807, 2.05) is 18.2 Å². The number of ether oxygens (including phenoxy) is 2. The van der Waals surface area contributed by atoms with E-state index in [0.29, 0.717) is 12.1 Å². The van der Waals surface area contributed by atoms with Gasteiger partial charge in [0, 0.05) is 17.5 Å². The van der Waals surface area contributed by atoms with Crippen molar-refractivity contribution < 1.29 is 13.9 Å². The summed E-state index contributed by atoms with van der Waals surface area (Å²) in [6.45, 7) is 0.602. The van der Waals surface area contributed by atoms with Gasteiger partial charge in [0.05, 0.1) is 29.5 Å². The van der Waals surface area contributed by atoms with Crippen LogP contribution in [0.3, 0.4) is 0 Å². The number of thiazole rings is 1. The zero-order valence-electron chi connectivity index (χ0n) is 12.5. The fraction of sp³-hybridized carbons (Fsp3) is 0.235. The summed E-state index contributed by atoms with van der Waals surface area (Å²) in [5, 5.41) is 1.69. The normalized spacial score (nSPS) is 10.9. The van der Waals surface area contributed by atoms with Crippen molar-refractivity contribution >= 4 is 37.5 Å². The summed E-state index contributed by atoms with van der Waals surface area (Å²) in [6, 6.07) is 10.3. The smallest absolute Gasteiger partial charge is 0.133 e. The third-order valence-electron chi connectivity index (χ3n) is 3.30. The summed E-state index contributed by atoms with van der Waals surface area (Å²) in [5.74, 6) is 1.18. The third-order valence-corrected chi connectivity index (χ3v) is 4.93. The molecule has 0 fully saturated rings. The summed E-state index contributed by atoms with van der Waals surface area (Å²) >= 11 is 4.91. The van der Waals surface area contributed by atoms with E-state index in [1.54, 1.807) is 13.2 Å². The van der Waals surface area contributed by atoms with Gasteiger partial charge in [-0.1, -0.05) is 15.9 Å². The molecule has 3 aromatic rings. The van der Waals surface area contributed by atoms with E-state index >= 15 is 0 Å². The Balaban J connectivity index is 2.01. The van der Waals surface area contributed by atoms with E-state index in [9.17, 15) is 4.39 Å². The first-order valence-corrected chi connectivity index (χ1v) is 9.08. The second-order valence-corrected chi connectivity index (χ2v) is 6.71. The van der Waals surface area contributed by atoms with Gasteiger partial charge in [0.15, 0.2) is 0 Å². The van der Waals surface area contributed by atoms with Crippen molar-refractivity contribution in [3.8, 4) is 22.1 Å². The lowest BCUT2D eigenvalue weighted by atomic mass is 10.2. The molecule has 3 rings (SSSR count). The largest absolute Gasteiger partial charge is 0.497 e. The molecule has 0 aliphatic rings. The molecular formula is C17H15BrFNO2S. The number of methoxy groups -OCH3 is 1. The van der Waals surface area contributed by atoms with Crippen molar-refractivity contribution in [3.05, 3.63) is 42.2 Å². The number of aromatic nitrogens is 1. The molecular weight excluding hydrogens is 381 g/mol. The Bertz CT molecular complexity index is 821. The number of hydrogen-bond acceptors (Lipinski definition) is 4. The molecule has 0 aliphatic heterocycles. The first kappa shape index (κ1) is 16.2. The van der Waals surface area contributed by atoms with Crippen LogP contribution in [-0.2, 0) is 0 Å². The molecule has 6 heteroatoms. The Labute approximate surface area is 146 Å². The van der Waals surface area contributed by atoms with Crippen LogP contribution in [0.2, 0.25) is 0 Å². The van der Waals surface area contributed by atoms with Crippen LogP contribution in [0.15, 0.2) is 36.4 Å². The van der Waals surface area contributed by atoms with Gasteiger partial charge in [-0.2, -0.15) is 0 Å². The van der Waals surface area contributed by atoms with Gasteiger partial charge in [0.25, 0.3) is 0 Å². The topological polar surface area (TPSA) is 31.4 Å². The molecule has 1 aromatic heterocycles. The molecule has 0 spiro atoms. The number of nitrogens with zero attached hydrogens (tertiary/aromatic N) is 1. The average Bonchev–Trinajstić information content (AvgIpc) is 2.97. The van der Waals surface area contributed by atoms with Crippen LogP contribution < -0.4 is 9.47 Å². The highest BCUT2D eigenvalue weighted by Gasteiger charge is 2.13. The van der Waals surface area contributed by atoms with Crippen molar-refractivity contribution in [2.24, 2.45) is 0 Å². The number of rotatable bonds is 6. The van der Waals surface area contributed by atoms with Gasteiger partial charge < -0.3 is 9.47 Å². The Morgan fingerprint density at radius 3 is 2.87 bits per heavy atom. The molecule has 1 heterocycles. The molecule has 0 radical (unpaired) electrons. The minimum Gasteiger partial charge on any atom is -0.497 e. The van der Waals surface area contributed by atoms with Crippen LogP contribution in [0.5, 0.6) is 11.5 Å². The first-order chi connectivity index (χ1) is 11.2. The van der Waals surface area contributed by atoms with E-state index in [0.717, 1.165) is 38.5 Å². The predicted octanol–water partition coefficient (Wildman–Crippen LogP) is 5.27. The highest BCUT2D eigenvalue weighted by atomic mass is 79.9. The van der Waals surface area contributed by atoms with E-state index in [-0.39, 0.29) is 5.82 Å². The molecule has 120 valence electrons. The van der Waals surface area contributed by atoms with Gasteiger partial charge in [-0.05, 0) is 30.7 Å². The van der Waals surface area contributed by atoms with Crippen molar-refractivity contribution in [3.63, 3.8) is 0 Å². The van der Waals surface area contributed by atoms with E-state index in [2.05, 4.69) is 20.9 Å². The molecule has 0 saturated heterocycles. The van der Waals surface area contributed by atoms with Crippen molar-refractivity contribution in [2.75, 3.05) is 19.0 Å². The molecule has 0 aliphatic carbocycles. The molecule has 0 bridgehead atoms. The maximum Gasteiger partial charge on any atom is 0.133 e. The molecule has 0 saturated carbocycles. The van der Waals surface area contributed by atoms with E-state index in [4.69, 9.17) is 9.47 Å². The predicted molar refractivity (Wildman–Crippen MR) is 95.5 cm³/mol. The Kier molecular flexibility index (Phi) is 5.13. The molecule has 0 amide bonds. The molecule has 0 N–H and O–H groups in total. The Morgan fingerprint density at radius 1 is 1.22 bits per heavy atom. The van der Waals surface area contributed by atoms with Gasteiger partial charge in [0.2, 0.25) is 0 Å². The lowest BCUT2D eigenvalue weighted by molar-refractivity contribution is 0.317. The van der Waals surface area contributed by atoms with E-state index < -0.39 is 0 Å². The summed E-state index contributed by atoms with van der Waals surface area (Å²) < 4.78 is 25.4. The molecule has 23 heavy (non-hydrogen) atoms. The van der Waals surface area contributed by atoms with Crippen molar-refractivity contribution in [2.45, 2.75) is 6.42 Å². The lowest BCUT2D eigenvalue weighted by Gasteiger charge is -2.11. The SMILES string of the molecule is COc1ccc(-c2nc3cc(F)ccc3s2)c(OCCCBr)c1. The monoisotopic (exact) mass is 395 g/mol. The molecule has 0 atom stereocenters. The van der Waals surface area contributed by atoms with Crippen molar-refractivity contribution in [1.29, 1.82) is 0 Å². The van der Waals surface area contributed by atoms with Crippen LogP contribution in [0.4, 0.5) is 4.39 Å². The van der Waals surface area contributed by atoms with Crippen LogP contribution in [0, 0.1) is 5.82 Å². The second kappa shape index (κ2) is 7.27. The Morgan fingerprint density at radius 2 is 2.09 bits per heavy atom. The minimum atomic E-state index is -0.280. The average molecular weight is 396 g/mol. The number of hydrogen-bond donors (Lipinski definition) is 0. The number of fused-ring (bicyclic) bond motifs is 1. The van der Waals surface area contributed by atoms with Gasteiger partial charge in [-0.3, -0.25) is 0 Å². The molecule has 2 aromatic carbocycles. The fourth-order valence-electron chi connectivity index (χ4n) is 2.18. The summed E-state index contributed by atoms with van der Waals surface area (Å²) in [5.41, 5.74) is 1.55.